The molecule has 0 bridgehead atoms. The number of benzene rings is 2. The van der Waals surface area contributed by atoms with Gasteiger partial charge in [0, 0.05) is 12.6 Å². The van der Waals surface area contributed by atoms with E-state index in [1.54, 1.807) is 65.8 Å². The predicted octanol–water partition coefficient (Wildman–Crippen LogP) is 4.12. The number of carbonyl (C=O) groups is 4. The molecule has 1 heterocycles. The summed E-state index contributed by atoms with van der Waals surface area (Å²) < 4.78 is 16.5. The predicted molar refractivity (Wildman–Crippen MR) is 149 cm³/mol. The number of rotatable bonds is 7. The van der Waals surface area contributed by atoms with Crippen molar-refractivity contribution in [3.63, 3.8) is 0 Å². The van der Waals surface area contributed by atoms with Crippen LogP contribution in [-0.4, -0.2) is 60.4 Å². The van der Waals surface area contributed by atoms with Crippen LogP contribution in [0.2, 0.25) is 0 Å². The second-order valence-corrected chi connectivity index (χ2v) is 11.4. The van der Waals surface area contributed by atoms with Gasteiger partial charge in [-0.15, -0.1) is 0 Å². The Hall–Kier alpha value is -4.12. The topological polar surface area (TPSA) is 135 Å². The number of ether oxygens (including phenoxy) is 3. The Kier molecular flexibility index (Phi) is 9.75. The highest BCUT2D eigenvalue weighted by Gasteiger charge is 2.38. The van der Waals surface area contributed by atoms with Gasteiger partial charge in [0.05, 0.1) is 11.7 Å². The van der Waals surface area contributed by atoms with Crippen LogP contribution in [0.1, 0.15) is 48.0 Å². The summed E-state index contributed by atoms with van der Waals surface area (Å²) >= 11 is 0. The first-order chi connectivity index (χ1) is 18.7. The number of para-hydroxylation sites is 1. The Morgan fingerprint density at radius 2 is 1.48 bits per heavy atom. The van der Waals surface area contributed by atoms with Crippen molar-refractivity contribution in [2.45, 2.75) is 71.2 Å². The van der Waals surface area contributed by atoms with Gasteiger partial charge in [-0.25, -0.2) is 14.5 Å². The van der Waals surface area contributed by atoms with Crippen LogP contribution in [0.25, 0.3) is 0 Å². The fourth-order valence-corrected chi connectivity index (χ4v) is 3.85. The number of alkyl carbamates (subject to hydrolysis) is 1. The Bertz CT molecular complexity index is 1190. The minimum absolute atomic E-state index is 0.242. The Balaban J connectivity index is 1.65. The highest BCUT2D eigenvalue weighted by atomic mass is 16.6. The molecule has 11 nitrogen and oxygen atoms in total. The van der Waals surface area contributed by atoms with E-state index in [-0.39, 0.29) is 19.0 Å². The van der Waals surface area contributed by atoms with Crippen LogP contribution in [0.5, 0.6) is 11.5 Å². The standard InChI is InChI=1S/C29H38N4O7/c1-28(2,3)39-26(36)31-18-24(34)32-19-16-23(30-17-19)25(35)33(27(37)40-29(4,5)6)20-12-14-22(15-13-20)38-21-10-8-7-9-11-21/h7-15,19,23,30H,16-18H2,1-6H3,(H,31,36)(H,32,34)/t19-,23+/m1/s1. The molecule has 0 saturated carbocycles. The normalized spacial score (nSPS) is 16.9. The molecule has 11 heteroatoms. The van der Waals surface area contributed by atoms with E-state index in [0.29, 0.717) is 23.7 Å². The Labute approximate surface area is 234 Å². The highest BCUT2D eigenvalue weighted by molar-refractivity contribution is 6.14. The number of amides is 4. The first-order valence-electron chi connectivity index (χ1n) is 13.1. The average molecular weight is 555 g/mol. The van der Waals surface area contributed by atoms with Crippen molar-refractivity contribution >= 4 is 29.7 Å². The lowest BCUT2D eigenvalue weighted by Gasteiger charge is -2.28. The van der Waals surface area contributed by atoms with Crippen LogP contribution < -0.4 is 25.6 Å². The Morgan fingerprint density at radius 3 is 2.08 bits per heavy atom. The molecule has 2 atom stereocenters. The summed E-state index contributed by atoms with van der Waals surface area (Å²) in [5.41, 5.74) is -1.19. The number of nitrogens with zero attached hydrogens (tertiary/aromatic N) is 1. The first kappa shape index (κ1) is 30.4. The van der Waals surface area contributed by atoms with Crippen molar-refractivity contribution in [1.29, 1.82) is 0 Å². The number of imide groups is 1. The highest BCUT2D eigenvalue weighted by Crippen LogP contribution is 2.27. The monoisotopic (exact) mass is 554 g/mol. The van der Waals surface area contributed by atoms with Gasteiger partial charge in [-0.1, -0.05) is 18.2 Å². The van der Waals surface area contributed by atoms with Gasteiger partial charge < -0.3 is 30.2 Å². The largest absolute Gasteiger partial charge is 0.457 e. The minimum Gasteiger partial charge on any atom is -0.457 e. The number of hydrogen-bond donors (Lipinski definition) is 3. The van der Waals surface area contributed by atoms with Crippen molar-refractivity contribution in [1.82, 2.24) is 16.0 Å². The van der Waals surface area contributed by atoms with Crippen molar-refractivity contribution in [3.8, 4) is 11.5 Å². The van der Waals surface area contributed by atoms with Crippen molar-refractivity contribution in [3.05, 3.63) is 54.6 Å². The Morgan fingerprint density at radius 1 is 0.875 bits per heavy atom. The maximum Gasteiger partial charge on any atom is 0.421 e. The van der Waals surface area contributed by atoms with E-state index < -0.39 is 41.2 Å². The molecule has 0 unspecified atom stereocenters. The summed E-state index contributed by atoms with van der Waals surface area (Å²) in [6.07, 6.45) is -1.27. The summed E-state index contributed by atoms with van der Waals surface area (Å²) in [4.78, 5) is 51.8. The second-order valence-electron chi connectivity index (χ2n) is 11.4. The van der Waals surface area contributed by atoms with Gasteiger partial charge in [0.2, 0.25) is 5.91 Å². The zero-order chi connectivity index (χ0) is 29.5. The van der Waals surface area contributed by atoms with Crippen LogP contribution >= 0.6 is 0 Å². The molecular formula is C29H38N4O7. The lowest BCUT2D eigenvalue weighted by molar-refractivity contribution is -0.122. The molecule has 3 N–H and O–H groups in total. The van der Waals surface area contributed by atoms with Crippen LogP contribution in [0, 0.1) is 0 Å². The molecule has 0 aliphatic carbocycles. The number of carbonyl (C=O) groups excluding carboxylic acids is 4. The quantitative estimate of drug-likeness (QED) is 0.465. The van der Waals surface area contributed by atoms with Crippen LogP contribution in [-0.2, 0) is 19.1 Å². The molecule has 0 aromatic heterocycles. The van der Waals surface area contributed by atoms with E-state index in [1.165, 1.54) is 0 Å². The molecule has 1 aliphatic heterocycles. The molecular weight excluding hydrogens is 516 g/mol. The molecule has 2 aromatic rings. The van der Waals surface area contributed by atoms with Gasteiger partial charge in [0.25, 0.3) is 5.91 Å². The van der Waals surface area contributed by atoms with Crippen molar-refractivity contribution < 1.29 is 33.4 Å². The summed E-state index contributed by atoms with van der Waals surface area (Å²) in [6, 6.07) is 14.6. The van der Waals surface area contributed by atoms with Gasteiger partial charge in [-0.3, -0.25) is 9.59 Å². The molecule has 1 fully saturated rings. The van der Waals surface area contributed by atoms with E-state index in [4.69, 9.17) is 14.2 Å². The van der Waals surface area contributed by atoms with E-state index >= 15 is 0 Å². The van der Waals surface area contributed by atoms with Crippen molar-refractivity contribution in [2.24, 2.45) is 0 Å². The number of hydrogen-bond acceptors (Lipinski definition) is 8. The van der Waals surface area contributed by atoms with Gasteiger partial charge in [-0.05, 0) is 84.4 Å². The molecule has 2 aromatic carbocycles. The average Bonchev–Trinajstić information content (AvgIpc) is 3.31. The minimum atomic E-state index is -0.827. The van der Waals surface area contributed by atoms with E-state index in [9.17, 15) is 19.2 Å². The molecule has 1 aliphatic rings. The molecule has 216 valence electrons. The maximum atomic E-state index is 13.6. The van der Waals surface area contributed by atoms with E-state index in [2.05, 4.69) is 16.0 Å². The number of nitrogens with one attached hydrogen (secondary N) is 3. The maximum absolute atomic E-state index is 13.6. The number of anilines is 1. The summed E-state index contributed by atoms with van der Waals surface area (Å²) in [5.74, 6) is 0.242. The lowest BCUT2D eigenvalue weighted by Crippen LogP contribution is -2.48. The van der Waals surface area contributed by atoms with Gasteiger partial charge in [-0.2, -0.15) is 0 Å². The summed E-state index contributed by atoms with van der Waals surface area (Å²) in [6.45, 7) is 10.4. The van der Waals surface area contributed by atoms with Gasteiger partial charge in [0.1, 0.15) is 29.2 Å². The van der Waals surface area contributed by atoms with Crippen LogP contribution in [0.15, 0.2) is 54.6 Å². The smallest absolute Gasteiger partial charge is 0.421 e. The SMILES string of the molecule is CC(C)(C)OC(=O)NCC(=O)N[C@H]1CN[C@H](C(=O)N(C(=O)OC(C)(C)C)c2ccc(Oc3ccccc3)cc2)C1. The molecule has 0 spiro atoms. The van der Waals surface area contributed by atoms with E-state index in [0.717, 1.165) is 4.90 Å². The molecule has 3 rings (SSSR count). The van der Waals surface area contributed by atoms with Gasteiger partial charge >= 0.3 is 12.2 Å². The zero-order valence-corrected chi connectivity index (χ0v) is 23.8. The molecule has 40 heavy (non-hydrogen) atoms. The molecule has 0 radical (unpaired) electrons. The lowest BCUT2D eigenvalue weighted by atomic mass is 10.1. The molecule has 1 saturated heterocycles. The summed E-state index contributed by atoms with van der Waals surface area (Å²) in [5, 5.41) is 8.26. The third kappa shape index (κ3) is 9.57. The summed E-state index contributed by atoms with van der Waals surface area (Å²) in [7, 11) is 0. The fraction of sp³-hybridized carbons (Fsp3) is 0.448. The second kappa shape index (κ2) is 12.8. The third-order valence-corrected chi connectivity index (χ3v) is 5.46. The molecule has 4 amide bonds. The third-order valence-electron chi connectivity index (χ3n) is 5.46. The first-order valence-corrected chi connectivity index (χ1v) is 13.1. The van der Waals surface area contributed by atoms with Crippen LogP contribution in [0.3, 0.4) is 0 Å². The van der Waals surface area contributed by atoms with Crippen molar-refractivity contribution in [2.75, 3.05) is 18.0 Å². The fourth-order valence-electron chi connectivity index (χ4n) is 3.85. The van der Waals surface area contributed by atoms with Gasteiger partial charge in [0.15, 0.2) is 0 Å². The van der Waals surface area contributed by atoms with Crippen LogP contribution in [0.4, 0.5) is 15.3 Å². The van der Waals surface area contributed by atoms with E-state index in [1.807, 2.05) is 30.3 Å². The zero-order valence-electron chi connectivity index (χ0n) is 23.8.